The average molecular weight is 278 g/mol. The van der Waals surface area contributed by atoms with Crippen molar-refractivity contribution in [3.05, 3.63) is 29.3 Å². The largest absolute Gasteiger partial charge is 0.496 e. The third-order valence-corrected chi connectivity index (χ3v) is 4.03. The van der Waals surface area contributed by atoms with E-state index < -0.39 is 0 Å². The second-order valence-electron chi connectivity index (χ2n) is 5.36. The second-order valence-corrected chi connectivity index (χ2v) is 5.80. The summed E-state index contributed by atoms with van der Waals surface area (Å²) in [6.07, 6.45) is 2.59. The SMILES string of the molecule is COc1cc(CN2CCC(C)CC2)ccc1C(N)=S. The number of nitrogens with two attached hydrogens (primary N) is 1. The molecule has 0 radical (unpaired) electrons. The summed E-state index contributed by atoms with van der Waals surface area (Å²) < 4.78 is 5.37. The number of rotatable bonds is 4. The van der Waals surface area contributed by atoms with Crippen LogP contribution >= 0.6 is 12.2 Å². The maximum absolute atomic E-state index is 5.68. The molecular weight excluding hydrogens is 256 g/mol. The predicted molar refractivity (Wildman–Crippen MR) is 82.6 cm³/mol. The number of ether oxygens (including phenoxy) is 1. The van der Waals surface area contributed by atoms with Gasteiger partial charge >= 0.3 is 0 Å². The minimum atomic E-state index is 0.384. The Balaban J connectivity index is 2.07. The van der Waals surface area contributed by atoms with Gasteiger partial charge in [0.25, 0.3) is 0 Å². The topological polar surface area (TPSA) is 38.5 Å². The van der Waals surface area contributed by atoms with Crippen molar-refractivity contribution in [2.75, 3.05) is 20.2 Å². The van der Waals surface area contributed by atoms with Crippen molar-refractivity contribution >= 4 is 17.2 Å². The smallest absolute Gasteiger partial charge is 0.129 e. The molecule has 1 fully saturated rings. The van der Waals surface area contributed by atoms with Gasteiger partial charge in [0, 0.05) is 6.54 Å². The number of thiocarbonyl (C=S) groups is 1. The molecule has 1 aromatic carbocycles. The lowest BCUT2D eigenvalue weighted by Gasteiger charge is -2.30. The summed E-state index contributed by atoms with van der Waals surface area (Å²) in [5.41, 5.74) is 7.75. The van der Waals surface area contributed by atoms with Gasteiger partial charge in [-0.25, -0.2) is 0 Å². The van der Waals surface area contributed by atoms with Crippen molar-refractivity contribution in [2.24, 2.45) is 11.7 Å². The van der Waals surface area contributed by atoms with E-state index in [-0.39, 0.29) is 0 Å². The van der Waals surface area contributed by atoms with E-state index in [9.17, 15) is 0 Å². The Hall–Kier alpha value is -1.13. The Bertz CT molecular complexity index is 453. The van der Waals surface area contributed by atoms with Gasteiger partial charge in [-0.1, -0.05) is 25.2 Å². The number of hydrogen-bond donors (Lipinski definition) is 1. The van der Waals surface area contributed by atoms with Crippen LogP contribution in [0.1, 0.15) is 30.9 Å². The van der Waals surface area contributed by atoms with Crippen LogP contribution < -0.4 is 10.5 Å². The Morgan fingerprint density at radius 2 is 2.11 bits per heavy atom. The molecule has 104 valence electrons. The Morgan fingerprint density at radius 3 is 2.68 bits per heavy atom. The fourth-order valence-electron chi connectivity index (χ4n) is 2.52. The number of methoxy groups -OCH3 is 1. The standard InChI is InChI=1S/C15H22N2OS/c1-11-5-7-17(8-6-11)10-12-3-4-13(15(16)19)14(9-12)18-2/h3-4,9,11H,5-8,10H2,1-2H3,(H2,16,19). The first-order valence-corrected chi connectivity index (χ1v) is 7.20. The first-order valence-electron chi connectivity index (χ1n) is 6.79. The van der Waals surface area contributed by atoms with Gasteiger partial charge in [0.1, 0.15) is 10.7 Å². The fraction of sp³-hybridized carbons (Fsp3) is 0.533. The van der Waals surface area contributed by atoms with Crippen LogP contribution in [0.15, 0.2) is 18.2 Å². The van der Waals surface area contributed by atoms with Crippen molar-refractivity contribution < 1.29 is 4.74 Å². The molecule has 0 aliphatic carbocycles. The van der Waals surface area contributed by atoms with E-state index in [1.165, 1.54) is 31.5 Å². The highest BCUT2D eigenvalue weighted by molar-refractivity contribution is 7.80. The summed E-state index contributed by atoms with van der Waals surface area (Å²) in [5.74, 6) is 1.64. The van der Waals surface area contributed by atoms with Crippen molar-refractivity contribution in [1.29, 1.82) is 0 Å². The van der Waals surface area contributed by atoms with E-state index >= 15 is 0 Å². The minimum absolute atomic E-state index is 0.384. The summed E-state index contributed by atoms with van der Waals surface area (Å²) in [5, 5.41) is 0. The lowest BCUT2D eigenvalue weighted by molar-refractivity contribution is 0.185. The molecule has 0 bridgehead atoms. The number of hydrogen-bond acceptors (Lipinski definition) is 3. The molecule has 1 heterocycles. The van der Waals surface area contributed by atoms with Gasteiger partial charge in [0.05, 0.1) is 12.7 Å². The zero-order valence-corrected chi connectivity index (χ0v) is 12.5. The molecule has 0 amide bonds. The first-order chi connectivity index (χ1) is 9.10. The minimum Gasteiger partial charge on any atom is -0.496 e. The highest BCUT2D eigenvalue weighted by Gasteiger charge is 2.16. The van der Waals surface area contributed by atoms with Gasteiger partial charge < -0.3 is 10.5 Å². The predicted octanol–water partition coefficient (Wildman–Crippen LogP) is 2.56. The van der Waals surface area contributed by atoms with Gasteiger partial charge in [-0.2, -0.15) is 0 Å². The van der Waals surface area contributed by atoms with Crippen LogP contribution in [0, 0.1) is 5.92 Å². The normalized spacial score (nSPS) is 17.4. The summed E-state index contributed by atoms with van der Waals surface area (Å²) in [4.78, 5) is 2.88. The molecule has 0 saturated carbocycles. The van der Waals surface area contributed by atoms with E-state index in [4.69, 9.17) is 22.7 Å². The second kappa shape index (κ2) is 6.35. The van der Waals surface area contributed by atoms with Crippen LogP contribution in [-0.4, -0.2) is 30.1 Å². The number of benzene rings is 1. The highest BCUT2D eigenvalue weighted by atomic mass is 32.1. The molecule has 19 heavy (non-hydrogen) atoms. The average Bonchev–Trinajstić information content (AvgIpc) is 2.41. The zero-order valence-electron chi connectivity index (χ0n) is 11.7. The van der Waals surface area contributed by atoms with E-state index in [2.05, 4.69) is 17.9 Å². The van der Waals surface area contributed by atoms with Crippen molar-refractivity contribution in [2.45, 2.75) is 26.3 Å². The summed E-state index contributed by atoms with van der Waals surface area (Å²) in [6.45, 7) is 5.67. The number of piperidine rings is 1. The quantitative estimate of drug-likeness (QED) is 0.859. The molecule has 1 aromatic rings. The van der Waals surface area contributed by atoms with Crippen LogP contribution in [0.25, 0.3) is 0 Å². The van der Waals surface area contributed by atoms with Crippen LogP contribution in [0.5, 0.6) is 5.75 Å². The van der Waals surface area contributed by atoms with E-state index in [1.807, 2.05) is 12.1 Å². The maximum Gasteiger partial charge on any atom is 0.129 e. The zero-order chi connectivity index (χ0) is 13.8. The third-order valence-electron chi connectivity index (χ3n) is 3.81. The van der Waals surface area contributed by atoms with Gasteiger partial charge in [-0.05, 0) is 49.5 Å². The summed E-state index contributed by atoms with van der Waals surface area (Å²) >= 11 is 5.02. The fourth-order valence-corrected chi connectivity index (χ4v) is 2.68. The Morgan fingerprint density at radius 1 is 1.42 bits per heavy atom. The molecule has 2 rings (SSSR count). The lowest BCUT2D eigenvalue weighted by atomic mass is 9.98. The monoisotopic (exact) mass is 278 g/mol. The van der Waals surface area contributed by atoms with Gasteiger partial charge in [-0.15, -0.1) is 0 Å². The number of likely N-dealkylation sites (tertiary alicyclic amines) is 1. The van der Waals surface area contributed by atoms with Crippen LogP contribution in [-0.2, 0) is 6.54 Å². The van der Waals surface area contributed by atoms with Crippen LogP contribution in [0.2, 0.25) is 0 Å². The van der Waals surface area contributed by atoms with Gasteiger partial charge in [0.2, 0.25) is 0 Å². The lowest BCUT2D eigenvalue weighted by Crippen LogP contribution is -2.32. The van der Waals surface area contributed by atoms with Crippen molar-refractivity contribution in [3.8, 4) is 5.75 Å². The van der Waals surface area contributed by atoms with E-state index in [0.717, 1.165) is 23.8 Å². The molecule has 2 N–H and O–H groups in total. The Labute approximate surface area is 120 Å². The number of nitrogens with zero attached hydrogens (tertiary/aromatic N) is 1. The molecule has 1 saturated heterocycles. The molecule has 1 aliphatic rings. The summed E-state index contributed by atoms with van der Waals surface area (Å²) in [6, 6.07) is 6.10. The van der Waals surface area contributed by atoms with E-state index in [0.29, 0.717) is 4.99 Å². The third kappa shape index (κ3) is 3.67. The van der Waals surface area contributed by atoms with Crippen molar-refractivity contribution in [3.63, 3.8) is 0 Å². The van der Waals surface area contributed by atoms with E-state index in [1.54, 1.807) is 7.11 Å². The van der Waals surface area contributed by atoms with Gasteiger partial charge in [0.15, 0.2) is 0 Å². The molecule has 3 nitrogen and oxygen atoms in total. The maximum atomic E-state index is 5.68. The molecule has 0 atom stereocenters. The molecular formula is C15H22N2OS. The van der Waals surface area contributed by atoms with Gasteiger partial charge in [-0.3, -0.25) is 4.90 Å². The molecule has 0 unspecified atom stereocenters. The molecule has 0 aromatic heterocycles. The molecule has 1 aliphatic heterocycles. The van der Waals surface area contributed by atoms with Crippen LogP contribution in [0.3, 0.4) is 0 Å². The van der Waals surface area contributed by atoms with Crippen LogP contribution in [0.4, 0.5) is 0 Å². The molecule has 4 heteroatoms. The summed E-state index contributed by atoms with van der Waals surface area (Å²) in [7, 11) is 1.66. The highest BCUT2D eigenvalue weighted by Crippen LogP contribution is 2.23. The Kier molecular flexibility index (Phi) is 4.77. The first kappa shape index (κ1) is 14.3. The molecule has 0 spiro atoms. The van der Waals surface area contributed by atoms with Crippen molar-refractivity contribution in [1.82, 2.24) is 4.90 Å².